The Morgan fingerprint density at radius 3 is 2.55 bits per heavy atom. The zero-order valence-corrected chi connectivity index (χ0v) is 13.7. The molecule has 1 N–H and O–H groups in total. The van der Waals surface area contributed by atoms with E-state index in [-0.39, 0.29) is 5.91 Å². The zero-order valence-electron chi connectivity index (χ0n) is 12.9. The van der Waals surface area contributed by atoms with Gasteiger partial charge >= 0.3 is 0 Å². The molecule has 0 aliphatic heterocycles. The standard InChI is InChI=1S/C18H18N2OS/c1-11(2)13-4-7-15(8-5-13)20-18(21)14-6-9-17-16(10-14)19-12(3)22-17/h4-11H,1-3H3,(H,20,21). The Kier molecular flexibility index (Phi) is 3.94. The van der Waals surface area contributed by atoms with Crippen molar-refractivity contribution in [1.29, 1.82) is 0 Å². The number of thiazole rings is 1. The van der Waals surface area contributed by atoms with Crippen LogP contribution in [-0.4, -0.2) is 10.9 Å². The van der Waals surface area contributed by atoms with Crippen molar-refractivity contribution in [2.75, 3.05) is 5.32 Å². The van der Waals surface area contributed by atoms with Crippen molar-refractivity contribution in [2.24, 2.45) is 0 Å². The highest BCUT2D eigenvalue weighted by Crippen LogP contribution is 2.23. The largest absolute Gasteiger partial charge is 0.322 e. The molecule has 3 aromatic rings. The number of hydrogen-bond donors (Lipinski definition) is 1. The third kappa shape index (κ3) is 3.02. The second-order valence-electron chi connectivity index (χ2n) is 5.65. The Morgan fingerprint density at radius 2 is 1.86 bits per heavy atom. The van der Waals surface area contributed by atoms with E-state index in [0.717, 1.165) is 20.9 Å². The first-order valence-electron chi connectivity index (χ1n) is 7.31. The molecule has 3 nitrogen and oxygen atoms in total. The molecule has 1 aromatic heterocycles. The van der Waals surface area contributed by atoms with Crippen LogP contribution in [0.3, 0.4) is 0 Å². The lowest BCUT2D eigenvalue weighted by atomic mass is 10.0. The maximum absolute atomic E-state index is 12.3. The van der Waals surface area contributed by atoms with Crippen LogP contribution in [0.1, 0.15) is 40.7 Å². The van der Waals surface area contributed by atoms with Crippen LogP contribution in [0, 0.1) is 6.92 Å². The monoisotopic (exact) mass is 310 g/mol. The highest BCUT2D eigenvalue weighted by atomic mass is 32.1. The van der Waals surface area contributed by atoms with E-state index >= 15 is 0 Å². The fourth-order valence-electron chi connectivity index (χ4n) is 2.34. The van der Waals surface area contributed by atoms with Crippen LogP contribution < -0.4 is 5.32 Å². The lowest BCUT2D eigenvalue weighted by Crippen LogP contribution is -2.11. The SMILES string of the molecule is Cc1nc2cc(C(=O)Nc3ccc(C(C)C)cc3)ccc2s1. The predicted molar refractivity (Wildman–Crippen MR) is 92.8 cm³/mol. The Balaban J connectivity index is 1.80. The number of carbonyl (C=O) groups is 1. The van der Waals surface area contributed by atoms with Gasteiger partial charge in [0.15, 0.2) is 0 Å². The van der Waals surface area contributed by atoms with Crippen LogP contribution in [-0.2, 0) is 0 Å². The fourth-order valence-corrected chi connectivity index (χ4v) is 3.15. The molecule has 0 unspecified atom stereocenters. The van der Waals surface area contributed by atoms with Gasteiger partial charge in [0.05, 0.1) is 15.2 Å². The second kappa shape index (κ2) is 5.89. The summed E-state index contributed by atoms with van der Waals surface area (Å²) < 4.78 is 1.11. The molecular weight excluding hydrogens is 292 g/mol. The van der Waals surface area contributed by atoms with Crippen LogP contribution in [0.2, 0.25) is 0 Å². The van der Waals surface area contributed by atoms with Gasteiger partial charge in [-0.15, -0.1) is 11.3 Å². The van der Waals surface area contributed by atoms with E-state index in [1.54, 1.807) is 11.3 Å². The first-order valence-corrected chi connectivity index (χ1v) is 8.13. The topological polar surface area (TPSA) is 42.0 Å². The third-order valence-electron chi connectivity index (χ3n) is 3.59. The lowest BCUT2D eigenvalue weighted by Gasteiger charge is -2.08. The third-order valence-corrected chi connectivity index (χ3v) is 4.54. The highest BCUT2D eigenvalue weighted by Gasteiger charge is 2.09. The number of benzene rings is 2. The van der Waals surface area contributed by atoms with E-state index < -0.39 is 0 Å². The van der Waals surface area contributed by atoms with Crippen molar-refractivity contribution >= 4 is 33.1 Å². The first kappa shape index (κ1) is 14.7. The van der Waals surface area contributed by atoms with Crippen molar-refractivity contribution in [3.05, 3.63) is 58.6 Å². The van der Waals surface area contributed by atoms with E-state index in [1.807, 2.05) is 49.4 Å². The van der Waals surface area contributed by atoms with Crippen molar-refractivity contribution in [1.82, 2.24) is 4.98 Å². The molecule has 0 radical (unpaired) electrons. The van der Waals surface area contributed by atoms with Crippen LogP contribution >= 0.6 is 11.3 Å². The number of rotatable bonds is 3. The summed E-state index contributed by atoms with van der Waals surface area (Å²) in [4.78, 5) is 16.8. The number of amides is 1. The van der Waals surface area contributed by atoms with Crippen LogP contribution in [0.4, 0.5) is 5.69 Å². The van der Waals surface area contributed by atoms with Crippen LogP contribution in [0.15, 0.2) is 42.5 Å². The van der Waals surface area contributed by atoms with Crippen molar-refractivity contribution in [2.45, 2.75) is 26.7 Å². The molecule has 4 heteroatoms. The summed E-state index contributed by atoms with van der Waals surface area (Å²) >= 11 is 1.64. The van der Waals surface area contributed by atoms with Gasteiger partial charge in [-0.1, -0.05) is 26.0 Å². The molecule has 0 aliphatic rings. The average molecular weight is 310 g/mol. The van der Waals surface area contributed by atoms with Gasteiger partial charge in [0.25, 0.3) is 5.91 Å². The molecule has 2 aromatic carbocycles. The summed E-state index contributed by atoms with van der Waals surface area (Å²) in [6.07, 6.45) is 0. The van der Waals surface area contributed by atoms with E-state index in [9.17, 15) is 4.79 Å². The van der Waals surface area contributed by atoms with Crippen molar-refractivity contribution in [3.63, 3.8) is 0 Å². The Bertz CT molecular complexity index is 819. The number of aryl methyl sites for hydroxylation is 1. The lowest BCUT2D eigenvalue weighted by molar-refractivity contribution is 0.102. The van der Waals surface area contributed by atoms with Crippen molar-refractivity contribution < 1.29 is 4.79 Å². The summed E-state index contributed by atoms with van der Waals surface area (Å²) in [5.41, 5.74) is 3.58. The normalized spacial score (nSPS) is 11.1. The highest BCUT2D eigenvalue weighted by molar-refractivity contribution is 7.18. The molecule has 0 atom stereocenters. The summed E-state index contributed by atoms with van der Waals surface area (Å²) in [5.74, 6) is 0.380. The molecular formula is C18H18N2OS. The molecule has 3 rings (SSSR count). The molecule has 0 saturated carbocycles. The van der Waals surface area contributed by atoms with Gasteiger partial charge in [-0.3, -0.25) is 4.79 Å². The van der Waals surface area contributed by atoms with E-state index in [4.69, 9.17) is 0 Å². The number of nitrogens with zero attached hydrogens (tertiary/aromatic N) is 1. The summed E-state index contributed by atoms with van der Waals surface area (Å²) in [6, 6.07) is 13.6. The minimum atomic E-state index is -0.107. The van der Waals surface area contributed by atoms with Gasteiger partial charge in [-0.05, 0) is 48.7 Å². The Labute approximate surface area is 134 Å². The summed E-state index contributed by atoms with van der Waals surface area (Å²) in [5, 5.41) is 3.94. The number of aromatic nitrogens is 1. The van der Waals surface area contributed by atoms with Crippen LogP contribution in [0.25, 0.3) is 10.2 Å². The van der Waals surface area contributed by atoms with E-state index in [1.165, 1.54) is 5.56 Å². The average Bonchev–Trinajstić information content (AvgIpc) is 2.86. The van der Waals surface area contributed by atoms with Gasteiger partial charge in [-0.2, -0.15) is 0 Å². The molecule has 112 valence electrons. The minimum Gasteiger partial charge on any atom is -0.322 e. The molecule has 0 spiro atoms. The van der Waals surface area contributed by atoms with Crippen LogP contribution in [0.5, 0.6) is 0 Å². The Morgan fingerprint density at radius 1 is 1.14 bits per heavy atom. The van der Waals surface area contributed by atoms with Gasteiger partial charge in [-0.25, -0.2) is 4.98 Å². The van der Waals surface area contributed by atoms with Crippen molar-refractivity contribution in [3.8, 4) is 0 Å². The number of carbonyl (C=O) groups excluding carboxylic acids is 1. The predicted octanol–water partition coefficient (Wildman–Crippen LogP) is 4.98. The fraction of sp³-hybridized carbons (Fsp3) is 0.222. The Hall–Kier alpha value is -2.20. The first-order chi connectivity index (χ1) is 10.5. The number of anilines is 1. The van der Waals surface area contributed by atoms with Gasteiger partial charge in [0, 0.05) is 11.3 Å². The van der Waals surface area contributed by atoms with E-state index in [2.05, 4.69) is 24.1 Å². The molecule has 1 heterocycles. The summed E-state index contributed by atoms with van der Waals surface area (Å²) in [7, 11) is 0. The number of hydrogen-bond acceptors (Lipinski definition) is 3. The molecule has 1 amide bonds. The maximum Gasteiger partial charge on any atom is 0.255 e. The molecule has 22 heavy (non-hydrogen) atoms. The quantitative estimate of drug-likeness (QED) is 0.741. The van der Waals surface area contributed by atoms with E-state index in [0.29, 0.717) is 11.5 Å². The summed E-state index contributed by atoms with van der Waals surface area (Å²) in [6.45, 7) is 6.28. The molecule has 0 aliphatic carbocycles. The van der Waals surface area contributed by atoms with Gasteiger partial charge < -0.3 is 5.32 Å². The minimum absolute atomic E-state index is 0.107. The molecule has 0 bridgehead atoms. The zero-order chi connectivity index (χ0) is 15.7. The maximum atomic E-state index is 12.3. The number of nitrogens with one attached hydrogen (secondary N) is 1. The van der Waals surface area contributed by atoms with Gasteiger partial charge in [0.1, 0.15) is 0 Å². The molecule has 0 saturated heterocycles. The number of fused-ring (bicyclic) bond motifs is 1. The smallest absolute Gasteiger partial charge is 0.255 e. The second-order valence-corrected chi connectivity index (χ2v) is 6.88. The molecule has 0 fully saturated rings. The van der Waals surface area contributed by atoms with Gasteiger partial charge in [0.2, 0.25) is 0 Å².